The minimum absolute atomic E-state index is 0.160. The van der Waals surface area contributed by atoms with Crippen LogP contribution in [0.3, 0.4) is 0 Å². The Balaban J connectivity index is 2.88. The zero-order valence-corrected chi connectivity index (χ0v) is 8.76. The lowest BCUT2D eigenvalue weighted by atomic mass is 9.92. The predicted molar refractivity (Wildman–Crippen MR) is 55.9 cm³/mol. The maximum absolute atomic E-state index is 13.0. The molecule has 1 aromatic rings. The van der Waals surface area contributed by atoms with Crippen molar-refractivity contribution in [1.82, 2.24) is 0 Å². The molecule has 0 aliphatic carbocycles. The first-order valence-electron chi connectivity index (χ1n) is 5.06. The molecule has 0 aliphatic rings. The quantitative estimate of drug-likeness (QED) is 0.784. The average Bonchev–Trinajstić information content (AvgIpc) is 2.19. The summed E-state index contributed by atoms with van der Waals surface area (Å²) in [7, 11) is 0. The summed E-state index contributed by atoms with van der Waals surface area (Å²) in [5.74, 6) is 0.187. The van der Waals surface area contributed by atoms with Gasteiger partial charge in [0.1, 0.15) is 5.82 Å². The molecule has 0 saturated carbocycles. The predicted octanol–water partition coefficient (Wildman–Crippen LogP) is 3.01. The summed E-state index contributed by atoms with van der Waals surface area (Å²) in [4.78, 5) is 0. The minimum atomic E-state index is -0.160. The number of benzene rings is 1. The topological polar surface area (TPSA) is 20.2 Å². The zero-order valence-electron chi connectivity index (χ0n) is 8.76. The Kier molecular flexibility index (Phi) is 4.08. The first-order chi connectivity index (χ1) is 6.69. The van der Waals surface area contributed by atoms with Crippen molar-refractivity contribution in [2.24, 2.45) is 0 Å². The summed E-state index contributed by atoms with van der Waals surface area (Å²) in [6, 6.07) is 5.19. The molecule has 78 valence electrons. The van der Waals surface area contributed by atoms with Crippen molar-refractivity contribution in [3.8, 4) is 0 Å². The normalized spacial score (nSPS) is 12.9. The molecule has 0 heterocycles. The van der Waals surface area contributed by atoms with Gasteiger partial charge in [0.25, 0.3) is 0 Å². The maximum Gasteiger partial charge on any atom is 0.126 e. The van der Waals surface area contributed by atoms with Crippen molar-refractivity contribution in [2.75, 3.05) is 6.61 Å². The van der Waals surface area contributed by atoms with Gasteiger partial charge < -0.3 is 5.11 Å². The smallest absolute Gasteiger partial charge is 0.126 e. The van der Waals surface area contributed by atoms with Crippen LogP contribution in [0.5, 0.6) is 0 Å². The zero-order chi connectivity index (χ0) is 10.6. The Bertz CT molecular complexity index is 296. The van der Waals surface area contributed by atoms with Crippen LogP contribution in [0.25, 0.3) is 0 Å². The van der Waals surface area contributed by atoms with Gasteiger partial charge in [0.05, 0.1) is 0 Å². The summed E-state index contributed by atoms with van der Waals surface area (Å²) < 4.78 is 13.0. The largest absolute Gasteiger partial charge is 0.396 e. The highest BCUT2D eigenvalue weighted by Crippen LogP contribution is 2.24. The molecule has 0 aromatic heterocycles. The van der Waals surface area contributed by atoms with E-state index >= 15 is 0 Å². The number of rotatable bonds is 4. The Morgan fingerprint density at radius 1 is 1.43 bits per heavy atom. The van der Waals surface area contributed by atoms with Crippen LogP contribution in [0.4, 0.5) is 4.39 Å². The second kappa shape index (κ2) is 5.11. The molecule has 1 aromatic carbocycles. The summed E-state index contributed by atoms with van der Waals surface area (Å²) in [6.07, 6.45) is 1.73. The number of hydrogen-bond acceptors (Lipinski definition) is 1. The number of aliphatic hydroxyl groups is 1. The molecule has 0 amide bonds. The van der Waals surface area contributed by atoms with Crippen molar-refractivity contribution in [1.29, 1.82) is 0 Å². The molecule has 1 N–H and O–H groups in total. The highest BCUT2D eigenvalue weighted by molar-refractivity contribution is 5.26. The standard InChI is InChI=1S/C12H17FO/c1-3-10(6-7-14)11-4-5-12(13)9(2)8-11/h4-5,8,10,14H,3,6-7H2,1-2H3. The Morgan fingerprint density at radius 3 is 2.64 bits per heavy atom. The highest BCUT2D eigenvalue weighted by atomic mass is 19.1. The van der Waals surface area contributed by atoms with Crippen molar-refractivity contribution in [3.63, 3.8) is 0 Å². The molecule has 0 radical (unpaired) electrons. The summed E-state index contributed by atoms with van der Waals surface area (Å²) in [5, 5.41) is 8.88. The van der Waals surface area contributed by atoms with Crippen molar-refractivity contribution in [2.45, 2.75) is 32.6 Å². The van der Waals surface area contributed by atoms with Crippen LogP contribution >= 0.6 is 0 Å². The number of halogens is 1. The fraction of sp³-hybridized carbons (Fsp3) is 0.500. The van der Waals surface area contributed by atoms with Crippen LogP contribution in [0.2, 0.25) is 0 Å². The van der Waals surface area contributed by atoms with E-state index in [9.17, 15) is 4.39 Å². The lowest BCUT2D eigenvalue weighted by molar-refractivity contribution is 0.274. The lowest BCUT2D eigenvalue weighted by Gasteiger charge is -2.14. The van der Waals surface area contributed by atoms with Gasteiger partial charge in [-0.05, 0) is 42.9 Å². The van der Waals surface area contributed by atoms with E-state index in [0.29, 0.717) is 11.5 Å². The average molecular weight is 196 g/mol. The van der Waals surface area contributed by atoms with Gasteiger partial charge in [-0.1, -0.05) is 19.1 Å². The van der Waals surface area contributed by atoms with E-state index in [2.05, 4.69) is 6.92 Å². The Hall–Kier alpha value is -0.890. The Labute approximate surface area is 84.6 Å². The van der Waals surface area contributed by atoms with Crippen LogP contribution < -0.4 is 0 Å². The van der Waals surface area contributed by atoms with Gasteiger partial charge in [0.15, 0.2) is 0 Å². The van der Waals surface area contributed by atoms with Crippen LogP contribution in [0, 0.1) is 12.7 Å². The van der Waals surface area contributed by atoms with Crippen molar-refractivity contribution in [3.05, 3.63) is 35.1 Å². The summed E-state index contributed by atoms with van der Waals surface area (Å²) in [6.45, 7) is 4.04. The number of aliphatic hydroxyl groups excluding tert-OH is 1. The molecule has 1 atom stereocenters. The number of aryl methyl sites for hydroxylation is 1. The molecule has 0 spiro atoms. The minimum Gasteiger partial charge on any atom is -0.396 e. The molecule has 14 heavy (non-hydrogen) atoms. The third-order valence-electron chi connectivity index (χ3n) is 2.62. The first-order valence-corrected chi connectivity index (χ1v) is 5.06. The van der Waals surface area contributed by atoms with Gasteiger partial charge in [0, 0.05) is 6.61 Å². The SMILES string of the molecule is CCC(CCO)c1ccc(F)c(C)c1. The van der Waals surface area contributed by atoms with Gasteiger partial charge in [-0.25, -0.2) is 4.39 Å². The second-order valence-corrected chi connectivity index (χ2v) is 3.63. The molecule has 2 heteroatoms. The molecule has 0 saturated heterocycles. The van der Waals surface area contributed by atoms with E-state index in [1.165, 1.54) is 6.07 Å². The van der Waals surface area contributed by atoms with Gasteiger partial charge in [-0.3, -0.25) is 0 Å². The summed E-state index contributed by atoms with van der Waals surface area (Å²) >= 11 is 0. The van der Waals surface area contributed by atoms with Crippen LogP contribution in [0.15, 0.2) is 18.2 Å². The first kappa shape index (κ1) is 11.2. The number of hydrogen-bond donors (Lipinski definition) is 1. The molecule has 0 fully saturated rings. The lowest BCUT2D eigenvalue weighted by Crippen LogP contribution is -2.01. The fourth-order valence-corrected chi connectivity index (χ4v) is 1.68. The maximum atomic E-state index is 13.0. The third-order valence-corrected chi connectivity index (χ3v) is 2.62. The van der Waals surface area contributed by atoms with E-state index < -0.39 is 0 Å². The van der Waals surface area contributed by atoms with Gasteiger partial charge >= 0.3 is 0 Å². The van der Waals surface area contributed by atoms with E-state index in [1.807, 2.05) is 12.1 Å². The van der Waals surface area contributed by atoms with Crippen LogP contribution in [-0.4, -0.2) is 11.7 Å². The van der Waals surface area contributed by atoms with Gasteiger partial charge in [-0.2, -0.15) is 0 Å². The molecule has 1 nitrogen and oxygen atoms in total. The fourth-order valence-electron chi connectivity index (χ4n) is 1.68. The molecule has 1 unspecified atom stereocenters. The highest BCUT2D eigenvalue weighted by Gasteiger charge is 2.09. The third kappa shape index (κ3) is 2.55. The van der Waals surface area contributed by atoms with Crippen molar-refractivity contribution < 1.29 is 9.50 Å². The summed E-state index contributed by atoms with van der Waals surface area (Å²) in [5.41, 5.74) is 1.80. The monoisotopic (exact) mass is 196 g/mol. The van der Waals surface area contributed by atoms with E-state index in [-0.39, 0.29) is 12.4 Å². The van der Waals surface area contributed by atoms with Gasteiger partial charge in [0.2, 0.25) is 0 Å². The second-order valence-electron chi connectivity index (χ2n) is 3.63. The van der Waals surface area contributed by atoms with E-state index in [1.54, 1.807) is 6.92 Å². The molecule has 1 rings (SSSR count). The van der Waals surface area contributed by atoms with Crippen LogP contribution in [0.1, 0.15) is 36.8 Å². The van der Waals surface area contributed by atoms with Crippen LogP contribution in [-0.2, 0) is 0 Å². The Morgan fingerprint density at radius 2 is 2.14 bits per heavy atom. The molecular formula is C12H17FO. The molecular weight excluding hydrogens is 179 g/mol. The van der Waals surface area contributed by atoms with E-state index in [4.69, 9.17) is 5.11 Å². The molecule has 0 bridgehead atoms. The van der Waals surface area contributed by atoms with Gasteiger partial charge in [-0.15, -0.1) is 0 Å². The molecule has 0 aliphatic heterocycles. The van der Waals surface area contributed by atoms with E-state index in [0.717, 1.165) is 18.4 Å². The van der Waals surface area contributed by atoms with Crippen molar-refractivity contribution >= 4 is 0 Å².